The molecule has 0 saturated heterocycles. The number of rotatable bonds is 3. The van der Waals surface area contributed by atoms with Crippen molar-refractivity contribution in [1.82, 2.24) is 0 Å². The second-order valence-electron chi connectivity index (χ2n) is 5.95. The zero-order chi connectivity index (χ0) is 14.0. The molecule has 2 nitrogen and oxygen atoms in total. The summed E-state index contributed by atoms with van der Waals surface area (Å²) >= 11 is 0. The molecule has 0 radical (unpaired) electrons. The minimum Gasteiger partial charge on any atom is -0.376 e. The fourth-order valence-corrected chi connectivity index (χ4v) is 3.08. The standard InChI is InChI=1S/C16H24FNO/c1-11-6-8-16(19-3,9-7-11)15(18)13-10-12(2)4-5-14(13)17/h4-5,10-11,15H,6-9,18H2,1-3H3. The maximum Gasteiger partial charge on any atom is 0.128 e. The van der Waals surface area contributed by atoms with Gasteiger partial charge in [-0.15, -0.1) is 0 Å². The molecule has 1 aliphatic carbocycles. The van der Waals surface area contributed by atoms with Gasteiger partial charge in [-0.2, -0.15) is 0 Å². The molecule has 1 aromatic rings. The lowest BCUT2D eigenvalue weighted by atomic mass is 9.73. The van der Waals surface area contributed by atoms with Crippen LogP contribution in [-0.2, 0) is 4.74 Å². The number of nitrogens with two attached hydrogens (primary N) is 1. The van der Waals surface area contributed by atoms with Crippen molar-refractivity contribution in [2.24, 2.45) is 11.7 Å². The molecule has 0 aromatic heterocycles. The van der Waals surface area contributed by atoms with Gasteiger partial charge in [-0.05, 0) is 44.6 Å². The SMILES string of the molecule is COC1(C(N)c2cc(C)ccc2F)CCC(C)CC1. The van der Waals surface area contributed by atoms with Crippen LogP contribution in [0, 0.1) is 18.7 Å². The van der Waals surface area contributed by atoms with Crippen LogP contribution in [-0.4, -0.2) is 12.7 Å². The van der Waals surface area contributed by atoms with Crippen LogP contribution in [0.3, 0.4) is 0 Å². The van der Waals surface area contributed by atoms with Crippen LogP contribution in [0.2, 0.25) is 0 Å². The van der Waals surface area contributed by atoms with E-state index in [-0.39, 0.29) is 5.82 Å². The Morgan fingerprint density at radius 2 is 2.00 bits per heavy atom. The van der Waals surface area contributed by atoms with Gasteiger partial charge in [-0.25, -0.2) is 4.39 Å². The molecule has 1 unspecified atom stereocenters. The first kappa shape index (κ1) is 14.5. The summed E-state index contributed by atoms with van der Waals surface area (Å²) in [5.74, 6) is 0.478. The Bertz CT molecular complexity index is 438. The van der Waals surface area contributed by atoms with Gasteiger partial charge < -0.3 is 10.5 Å². The summed E-state index contributed by atoms with van der Waals surface area (Å²) < 4.78 is 19.8. The van der Waals surface area contributed by atoms with Crippen LogP contribution in [0.15, 0.2) is 18.2 Å². The molecule has 2 N–H and O–H groups in total. The van der Waals surface area contributed by atoms with Crippen LogP contribution >= 0.6 is 0 Å². The van der Waals surface area contributed by atoms with Gasteiger partial charge in [0.05, 0.1) is 11.6 Å². The molecule has 106 valence electrons. The zero-order valence-corrected chi connectivity index (χ0v) is 12.1. The first-order chi connectivity index (χ1) is 8.98. The highest BCUT2D eigenvalue weighted by Crippen LogP contribution is 2.42. The first-order valence-corrected chi connectivity index (χ1v) is 7.05. The van der Waals surface area contributed by atoms with Gasteiger partial charge in [0, 0.05) is 12.7 Å². The van der Waals surface area contributed by atoms with Crippen molar-refractivity contribution < 1.29 is 9.13 Å². The van der Waals surface area contributed by atoms with E-state index < -0.39 is 11.6 Å². The second-order valence-corrected chi connectivity index (χ2v) is 5.95. The van der Waals surface area contributed by atoms with Gasteiger partial charge in [0.2, 0.25) is 0 Å². The van der Waals surface area contributed by atoms with Crippen LogP contribution in [0.1, 0.15) is 49.8 Å². The molecule has 1 atom stereocenters. The molecule has 19 heavy (non-hydrogen) atoms. The zero-order valence-electron chi connectivity index (χ0n) is 12.1. The Kier molecular flexibility index (Phi) is 4.26. The minimum atomic E-state index is -0.416. The van der Waals surface area contributed by atoms with Crippen molar-refractivity contribution in [1.29, 1.82) is 0 Å². The normalized spacial score (nSPS) is 29.2. The quantitative estimate of drug-likeness (QED) is 0.903. The number of hydrogen-bond donors (Lipinski definition) is 1. The third kappa shape index (κ3) is 2.82. The fraction of sp³-hybridized carbons (Fsp3) is 0.625. The lowest BCUT2D eigenvalue weighted by molar-refractivity contribution is -0.0678. The minimum absolute atomic E-state index is 0.229. The molecule has 2 rings (SSSR count). The van der Waals surface area contributed by atoms with Crippen LogP contribution in [0.4, 0.5) is 4.39 Å². The maximum atomic E-state index is 14.0. The Morgan fingerprint density at radius 3 is 2.58 bits per heavy atom. The van der Waals surface area contributed by atoms with E-state index in [1.165, 1.54) is 6.07 Å². The molecule has 1 aromatic carbocycles. The van der Waals surface area contributed by atoms with Crippen molar-refractivity contribution in [2.45, 2.75) is 51.2 Å². The topological polar surface area (TPSA) is 35.2 Å². The van der Waals surface area contributed by atoms with E-state index in [0.717, 1.165) is 31.2 Å². The fourth-order valence-electron chi connectivity index (χ4n) is 3.08. The summed E-state index contributed by atoms with van der Waals surface area (Å²) in [5.41, 5.74) is 7.56. The molecule has 1 saturated carbocycles. The van der Waals surface area contributed by atoms with Crippen LogP contribution in [0.25, 0.3) is 0 Å². The molecule has 0 amide bonds. The first-order valence-electron chi connectivity index (χ1n) is 7.05. The highest BCUT2D eigenvalue weighted by atomic mass is 19.1. The average molecular weight is 265 g/mol. The molecule has 1 aliphatic rings. The third-order valence-electron chi connectivity index (χ3n) is 4.58. The molecular weight excluding hydrogens is 241 g/mol. The van der Waals surface area contributed by atoms with Gasteiger partial charge >= 0.3 is 0 Å². The van der Waals surface area contributed by atoms with E-state index in [0.29, 0.717) is 11.5 Å². The van der Waals surface area contributed by atoms with Gasteiger partial charge in [0.1, 0.15) is 5.82 Å². The van der Waals surface area contributed by atoms with Gasteiger partial charge in [0.15, 0.2) is 0 Å². The Morgan fingerprint density at radius 1 is 1.37 bits per heavy atom. The monoisotopic (exact) mass is 265 g/mol. The Balaban J connectivity index is 2.30. The lowest BCUT2D eigenvalue weighted by Crippen LogP contribution is -2.46. The largest absolute Gasteiger partial charge is 0.376 e. The van der Waals surface area contributed by atoms with Gasteiger partial charge in [-0.1, -0.05) is 24.6 Å². The molecule has 0 bridgehead atoms. The summed E-state index contributed by atoms with van der Waals surface area (Å²) in [4.78, 5) is 0. The molecule has 1 fully saturated rings. The lowest BCUT2D eigenvalue weighted by Gasteiger charge is -2.42. The predicted octanol–water partition coefficient (Wildman–Crippen LogP) is 3.73. The smallest absolute Gasteiger partial charge is 0.128 e. The van der Waals surface area contributed by atoms with Gasteiger partial charge in [0.25, 0.3) is 0 Å². The van der Waals surface area contributed by atoms with E-state index in [1.54, 1.807) is 13.2 Å². The van der Waals surface area contributed by atoms with Crippen molar-refractivity contribution in [3.63, 3.8) is 0 Å². The summed E-state index contributed by atoms with van der Waals surface area (Å²) in [6, 6.07) is 4.72. The van der Waals surface area contributed by atoms with Gasteiger partial charge in [-0.3, -0.25) is 0 Å². The highest BCUT2D eigenvalue weighted by Gasteiger charge is 2.41. The van der Waals surface area contributed by atoms with E-state index >= 15 is 0 Å². The molecule has 3 heteroatoms. The number of methoxy groups -OCH3 is 1. The summed E-state index contributed by atoms with van der Waals surface area (Å²) in [6.07, 6.45) is 3.99. The van der Waals surface area contributed by atoms with Crippen molar-refractivity contribution >= 4 is 0 Å². The summed E-state index contributed by atoms with van der Waals surface area (Å²) in [7, 11) is 1.70. The molecular formula is C16H24FNO. The number of halogens is 1. The van der Waals surface area contributed by atoms with Crippen molar-refractivity contribution in [2.75, 3.05) is 7.11 Å². The second kappa shape index (κ2) is 5.59. The maximum absolute atomic E-state index is 14.0. The number of benzene rings is 1. The molecule has 0 heterocycles. The number of hydrogen-bond acceptors (Lipinski definition) is 2. The Labute approximate surface area is 115 Å². The van der Waals surface area contributed by atoms with Crippen molar-refractivity contribution in [3.05, 3.63) is 35.1 Å². The predicted molar refractivity (Wildman–Crippen MR) is 75.4 cm³/mol. The van der Waals surface area contributed by atoms with E-state index in [1.807, 2.05) is 13.0 Å². The average Bonchev–Trinajstić information content (AvgIpc) is 2.42. The van der Waals surface area contributed by atoms with E-state index in [9.17, 15) is 4.39 Å². The van der Waals surface area contributed by atoms with E-state index in [4.69, 9.17) is 10.5 Å². The summed E-state index contributed by atoms with van der Waals surface area (Å²) in [6.45, 7) is 4.20. The third-order valence-corrected chi connectivity index (χ3v) is 4.58. The van der Waals surface area contributed by atoms with Crippen LogP contribution in [0.5, 0.6) is 0 Å². The Hall–Kier alpha value is -0.930. The molecule has 0 aliphatic heterocycles. The highest BCUT2D eigenvalue weighted by molar-refractivity contribution is 5.29. The molecule has 0 spiro atoms. The number of ether oxygens (including phenoxy) is 1. The van der Waals surface area contributed by atoms with E-state index in [2.05, 4.69) is 6.92 Å². The summed E-state index contributed by atoms with van der Waals surface area (Å²) in [5, 5.41) is 0. The van der Waals surface area contributed by atoms with Crippen molar-refractivity contribution in [3.8, 4) is 0 Å². The van der Waals surface area contributed by atoms with Crippen LogP contribution < -0.4 is 5.73 Å². The number of aryl methyl sites for hydroxylation is 1.